The summed E-state index contributed by atoms with van der Waals surface area (Å²) in [6, 6.07) is 30.9. The van der Waals surface area contributed by atoms with Crippen molar-refractivity contribution in [2.45, 2.75) is 160 Å². The van der Waals surface area contributed by atoms with Crippen molar-refractivity contribution in [1.29, 1.82) is 0 Å². The second-order valence-electron chi connectivity index (χ2n) is 26.2. The third-order valence-corrected chi connectivity index (χ3v) is 19.8. The lowest BCUT2D eigenvalue weighted by Gasteiger charge is -2.28. The summed E-state index contributed by atoms with van der Waals surface area (Å²) in [5.74, 6) is -7.25. The number of nitrogens with one attached hydrogen (secondary N) is 3. The molecule has 0 spiro atoms. The second kappa shape index (κ2) is 34.5. The highest BCUT2D eigenvalue weighted by Crippen LogP contribution is 2.48. The molecule has 4 aromatic rings. The normalized spacial score (nSPS) is 16.9. The minimum Gasteiger partial charge on any atom is -0.481 e. The number of amides is 3. The van der Waals surface area contributed by atoms with E-state index in [1.165, 1.54) is 0 Å². The van der Waals surface area contributed by atoms with Crippen molar-refractivity contribution in [2.75, 3.05) is 42.6 Å². The molecule has 96 heavy (non-hydrogen) atoms. The molecule has 8 N–H and O–H groups in total. The highest BCUT2D eigenvalue weighted by Gasteiger charge is 2.44. The van der Waals surface area contributed by atoms with Gasteiger partial charge in [-0.15, -0.1) is 0 Å². The molecule has 0 bridgehead atoms. The molecule has 21 nitrogen and oxygen atoms in total. The fourth-order valence-electron chi connectivity index (χ4n) is 13.1. The monoisotopic (exact) mass is 1360 g/mol. The van der Waals surface area contributed by atoms with Crippen molar-refractivity contribution in [3.63, 3.8) is 0 Å². The predicted molar refractivity (Wildman–Crippen MR) is 368 cm³/mol. The van der Waals surface area contributed by atoms with Crippen molar-refractivity contribution < 1.29 is 79.4 Å². The van der Waals surface area contributed by atoms with Gasteiger partial charge in [-0.25, -0.2) is 9.59 Å². The Kier molecular flexibility index (Phi) is 27.0. The first-order valence-electron chi connectivity index (χ1n) is 33.0. The van der Waals surface area contributed by atoms with Crippen LogP contribution in [0.5, 0.6) is 0 Å². The van der Waals surface area contributed by atoms with Gasteiger partial charge in [-0.2, -0.15) is 21.4 Å². The number of carbonyl (C=O) groups is 7. The zero-order valence-electron chi connectivity index (χ0n) is 55.3. The largest absolute Gasteiger partial charge is 0.481 e. The Morgan fingerprint density at radius 2 is 1.20 bits per heavy atom. The molecule has 3 amide bonds. The van der Waals surface area contributed by atoms with Crippen molar-refractivity contribution >= 4 is 78.7 Å². The maximum atomic E-state index is 13.7. The van der Waals surface area contributed by atoms with Crippen molar-refractivity contribution in [3.05, 3.63) is 178 Å². The number of urea groups is 1. The van der Waals surface area contributed by atoms with E-state index in [1.54, 1.807) is 12.1 Å². The molecule has 2 aliphatic heterocycles. The van der Waals surface area contributed by atoms with Crippen LogP contribution in [0.15, 0.2) is 150 Å². The summed E-state index contributed by atoms with van der Waals surface area (Å²) < 4.78 is 68.0. The standard InChI is InChI=1S/C73H91N5O16S2/c1-72(2)60-24-8-10-26-63(60)77(41-12-14-43-95(89,90)91)65(72)37-33-53-21-16-22-54(34-38-66-73(3,4)61-25-9-11-27-64(61)78(66)42-13-15-44-96(92,93)94)59(53)47-52-31-29-51(30-32-52)46-56(69(84)85)49-57(79)23-17-39-74-68(83)55(45-50-19-6-5-7-20-50)48-58(80)35-36-62(70(86)87)76-71(88)75-40-18-28-67(81)82/h5-11,19-20,24-27,29-34,37-38,55-56,62H,12-18,21-23,28,35-36,39-49H2,1-4H3,(H7-,74,75,76,81,82,83,84,85,86,87,88,89,90,91,92,93,94)/p+1/t55-,56-,62+/m1/s1. The van der Waals surface area contributed by atoms with Crippen molar-refractivity contribution in [1.82, 2.24) is 16.0 Å². The lowest BCUT2D eigenvalue weighted by Crippen LogP contribution is -2.46. The van der Waals surface area contributed by atoms with Gasteiger partial charge < -0.3 is 36.2 Å². The van der Waals surface area contributed by atoms with Gasteiger partial charge in [0.05, 0.1) is 22.8 Å². The van der Waals surface area contributed by atoms with Crippen LogP contribution < -0.4 is 20.9 Å². The van der Waals surface area contributed by atoms with Gasteiger partial charge in [-0.1, -0.05) is 117 Å². The molecule has 4 aromatic carbocycles. The maximum absolute atomic E-state index is 13.7. The molecule has 3 atom stereocenters. The predicted octanol–water partition coefficient (Wildman–Crippen LogP) is 10.6. The summed E-state index contributed by atoms with van der Waals surface area (Å²) in [5.41, 5.74) is 11.5. The number of Topliss-reactive ketones (excluding diaryl/α,β-unsaturated/α-hetero) is 2. The fraction of sp³-hybridized carbons (Fsp3) is 0.452. The number of ketones is 2. The Bertz CT molecular complexity index is 3870. The molecule has 0 fully saturated rings. The molecular formula is C73H92N5O16S2+. The summed E-state index contributed by atoms with van der Waals surface area (Å²) in [6.45, 7) is 9.85. The van der Waals surface area contributed by atoms with Gasteiger partial charge >= 0.3 is 23.9 Å². The molecular weight excluding hydrogens is 1270 g/mol. The van der Waals surface area contributed by atoms with Crippen LogP contribution in [0.3, 0.4) is 0 Å². The van der Waals surface area contributed by atoms with Crippen LogP contribution in [-0.4, -0.2) is 137 Å². The molecule has 0 saturated carbocycles. The SMILES string of the molecule is CC1(C)C(=CC=C2CCCC(C=CC3=[N+](CCCCS(=O)(=O)O)c4ccccc4C3(C)C)=C2Cc2ccc(C[C@H](CC(=O)CCCNC(=O)[C@@H](CC(=O)CC[C@H](NC(=O)NCCCC(=O)O)C(=O)O)Cc3ccccc3)C(=O)O)cc2)N(CCCCS(=O)(=O)O)c2ccccc21. The topological polar surface area (TPSA) is 331 Å². The average Bonchev–Trinajstić information content (AvgIpc) is 1.61. The molecule has 7 rings (SSSR count). The fourth-order valence-corrected chi connectivity index (χ4v) is 14.2. The molecule has 3 aliphatic rings. The number of unbranched alkanes of at least 4 members (excludes halogenated alkanes) is 2. The minimum absolute atomic E-state index is 0.000569. The quantitative estimate of drug-likeness (QED) is 0.0117. The number of rotatable bonds is 38. The lowest BCUT2D eigenvalue weighted by molar-refractivity contribution is -0.438. The van der Waals surface area contributed by atoms with Crippen LogP contribution in [-0.2, 0) is 79.1 Å². The number of hydrogen-bond donors (Lipinski definition) is 8. The zero-order valence-corrected chi connectivity index (χ0v) is 56.9. The van der Waals surface area contributed by atoms with Crippen molar-refractivity contribution in [2.24, 2.45) is 11.8 Å². The molecule has 23 heteroatoms. The van der Waals surface area contributed by atoms with Gasteiger partial charge in [0.2, 0.25) is 11.6 Å². The number of carbonyl (C=O) groups excluding carboxylic acids is 4. The van der Waals surface area contributed by atoms with Gasteiger partial charge in [0.25, 0.3) is 20.2 Å². The van der Waals surface area contributed by atoms with E-state index in [0.29, 0.717) is 45.2 Å². The molecule has 2 heterocycles. The Morgan fingerprint density at radius 1 is 0.604 bits per heavy atom. The van der Waals surface area contributed by atoms with E-state index in [-0.39, 0.29) is 94.6 Å². The average molecular weight is 1360 g/mol. The van der Waals surface area contributed by atoms with Gasteiger partial charge in [-0.3, -0.25) is 33.1 Å². The van der Waals surface area contributed by atoms with E-state index in [1.807, 2.05) is 66.7 Å². The Morgan fingerprint density at radius 3 is 1.88 bits per heavy atom. The van der Waals surface area contributed by atoms with E-state index in [9.17, 15) is 69.7 Å². The van der Waals surface area contributed by atoms with E-state index >= 15 is 0 Å². The zero-order chi connectivity index (χ0) is 69.8. The Balaban J connectivity index is 1.05. The highest BCUT2D eigenvalue weighted by molar-refractivity contribution is 7.86. The first-order chi connectivity index (χ1) is 45.5. The number of para-hydroxylation sites is 2. The highest BCUT2D eigenvalue weighted by atomic mass is 32.2. The van der Waals surface area contributed by atoms with Crippen LogP contribution >= 0.6 is 0 Å². The summed E-state index contributed by atoms with van der Waals surface area (Å²) in [6.07, 6.45) is 12.8. The Hall–Kier alpha value is -8.38. The number of carboxylic acids is 3. The maximum Gasteiger partial charge on any atom is 0.326 e. The number of carboxylic acid groups (broad SMARTS) is 3. The van der Waals surface area contributed by atoms with Gasteiger partial charge in [-0.05, 0) is 142 Å². The smallest absolute Gasteiger partial charge is 0.326 e. The Labute approximate surface area is 563 Å². The van der Waals surface area contributed by atoms with Gasteiger partial charge in [0, 0.05) is 98.6 Å². The van der Waals surface area contributed by atoms with Gasteiger partial charge in [0.1, 0.15) is 24.2 Å². The molecule has 0 saturated heterocycles. The van der Waals surface area contributed by atoms with Crippen molar-refractivity contribution in [3.8, 4) is 0 Å². The molecule has 0 unspecified atom stereocenters. The van der Waals surface area contributed by atoms with Crippen LogP contribution in [0.2, 0.25) is 0 Å². The lowest BCUT2D eigenvalue weighted by atomic mass is 9.80. The van der Waals surface area contributed by atoms with Crippen LogP contribution in [0, 0.1) is 11.8 Å². The minimum atomic E-state index is -4.12. The first-order valence-corrected chi connectivity index (χ1v) is 36.2. The third-order valence-electron chi connectivity index (χ3n) is 18.2. The number of hydrogen-bond acceptors (Lipinski definition) is 12. The number of allylic oxidation sites excluding steroid dienone is 8. The van der Waals surface area contributed by atoms with E-state index in [0.717, 1.165) is 86.6 Å². The molecule has 516 valence electrons. The first kappa shape index (κ1) is 75.0. The summed E-state index contributed by atoms with van der Waals surface area (Å²) in [7, 11) is -8.25. The van der Waals surface area contributed by atoms with E-state index in [2.05, 4.69) is 102 Å². The number of nitrogens with zero attached hydrogens (tertiary/aromatic N) is 2. The number of benzene rings is 4. The summed E-state index contributed by atoms with van der Waals surface area (Å²) in [5, 5.41) is 36.5. The van der Waals surface area contributed by atoms with Crippen LogP contribution in [0.25, 0.3) is 0 Å². The third kappa shape index (κ3) is 22.1. The van der Waals surface area contributed by atoms with Crippen LogP contribution in [0.1, 0.15) is 152 Å². The number of aliphatic carboxylic acids is 3. The second-order valence-corrected chi connectivity index (χ2v) is 29.4. The van der Waals surface area contributed by atoms with E-state index in [4.69, 9.17) is 5.11 Å². The van der Waals surface area contributed by atoms with Crippen LogP contribution in [0.4, 0.5) is 16.2 Å². The summed E-state index contributed by atoms with van der Waals surface area (Å²) in [4.78, 5) is 90.5. The van der Waals surface area contributed by atoms with E-state index < -0.39 is 84.6 Å². The molecule has 1 aliphatic carbocycles. The van der Waals surface area contributed by atoms with Gasteiger partial charge in [0.15, 0.2) is 5.71 Å². The molecule has 0 radical (unpaired) electrons. The number of fused-ring (bicyclic) bond motifs is 2. The summed E-state index contributed by atoms with van der Waals surface area (Å²) >= 11 is 0. The molecule has 0 aromatic heterocycles. The number of anilines is 1.